The molecule has 0 unspecified atom stereocenters. The third-order valence-electron chi connectivity index (χ3n) is 2.85. The molecule has 22 heavy (non-hydrogen) atoms. The predicted molar refractivity (Wildman–Crippen MR) is 82.9 cm³/mol. The van der Waals surface area contributed by atoms with Crippen LogP contribution in [0.25, 0.3) is 0 Å². The Kier molecular flexibility index (Phi) is 6.51. The highest BCUT2D eigenvalue weighted by Crippen LogP contribution is 2.10. The number of likely N-dealkylation sites (N-methyl/N-ethyl adjacent to an activating group) is 1. The van der Waals surface area contributed by atoms with E-state index >= 15 is 0 Å². The van der Waals surface area contributed by atoms with E-state index in [9.17, 15) is 18.0 Å². The van der Waals surface area contributed by atoms with Crippen molar-refractivity contribution >= 4 is 21.8 Å². The lowest BCUT2D eigenvalue weighted by atomic mass is 10.2. The molecule has 0 fully saturated rings. The Balaban J connectivity index is 2.78. The molecule has 8 heteroatoms. The van der Waals surface area contributed by atoms with E-state index in [0.717, 1.165) is 0 Å². The van der Waals surface area contributed by atoms with Crippen molar-refractivity contribution in [3.05, 3.63) is 29.8 Å². The summed E-state index contributed by atoms with van der Waals surface area (Å²) in [5, 5.41) is 5.15. The van der Waals surface area contributed by atoms with Gasteiger partial charge in [0, 0.05) is 18.7 Å². The van der Waals surface area contributed by atoms with Gasteiger partial charge in [-0.2, -0.15) is 0 Å². The van der Waals surface area contributed by atoms with Gasteiger partial charge < -0.3 is 10.6 Å². The number of carbonyl (C=O) groups is 2. The summed E-state index contributed by atoms with van der Waals surface area (Å²) in [6.45, 7) is 5.82. The van der Waals surface area contributed by atoms with Crippen molar-refractivity contribution in [3.63, 3.8) is 0 Å². The van der Waals surface area contributed by atoms with Gasteiger partial charge >= 0.3 is 0 Å². The largest absolute Gasteiger partial charge is 0.355 e. The normalized spacial score (nSPS) is 12.5. The summed E-state index contributed by atoms with van der Waals surface area (Å²) in [7, 11) is -3.54. The molecule has 3 N–H and O–H groups in total. The average molecular weight is 327 g/mol. The van der Waals surface area contributed by atoms with E-state index < -0.39 is 22.0 Å². The van der Waals surface area contributed by atoms with Crippen LogP contribution in [0.15, 0.2) is 29.2 Å². The molecule has 0 aliphatic rings. The minimum absolute atomic E-state index is 0.0858. The molecule has 0 radical (unpaired) electrons. The van der Waals surface area contributed by atoms with Gasteiger partial charge in [0.05, 0.1) is 4.90 Å². The Hall–Kier alpha value is -1.93. The molecule has 0 heterocycles. The first-order valence-corrected chi connectivity index (χ1v) is 8.48. The fraction of sp³-hybridized carbons (Fsp3) is 0.429. The average Bonchev–Trinajstić information content (AvgIpc) is 2.47. The van der Waals surface area contributed by atoms with Crippen LogP contribution in [0.3, 0.4) is 0 Å². The summed E-state index contributed by atoms with van der Waals surface area (Å²) >= 11 is 0. The molecule has 0 aliphatic carbocycles. The van der Waals surface area contributed by atoms with Gasteiger partial charge in [0.1, 0.15) is 6.04 Å². The minimum atomic E-state index is -3.54. The molecule has 0 saturated carbocycles. The highest BCUT2D eigenvalue weighted by molar-refractivity contribution is 7.89. The lowest BCUT2D eigenvalue weighted by Crippen LogP contribution is -2.44. The van der Waals surface area contributed by atoms with E-state index in [4.69, 9.17) is 0 Å². The number of amides is 2. The Bertz CT molecular complexity index is 626. The van der Waals surface area contributed by atoms with Crippen LogP contribution in [0.2, 0.25) is 0 Å². The maximum atomic E-state index is 12.0. The summed E-state index contributed by atoms with van der Waals surface area (Å²) < 4.78 is 25.9. The zero-order chi connectivity index (χ0) is 16.8. The number of hydrogen-bond donors (Lipinski definition) is 3. The van der Waals surface area contributed by atoms with Gasteiger partial charge in [-0.3, -0.25) is 9.59 Å². The number of rotatable bonds is 7. The zero-order valence-electron chi connectivity index (χ0n) is 12.8. The van der Waals surface area contributed by atoms with Crippen LogP contribution >= 0.6 is 0 Å². The number of carbonyl (C=O) groups excluding carboxylic acids is 2. The second-order valence-electron chi connectivity index (χ2n) is 4.62. The van der Waals surface area contributed by atoms with Gasteiger partial charge in [-0.05, 0) is 38.1 Å². The van der Waals surface area contributed by atoms with Crippen LogP contribution in [0.4, 0.5) is 0 Å². The number of nitrogens with one attached hydrogen (secondary N) is 3. The summed E-state index contributed by atoms with van der Waals surface area (Å²) in [5.74, 6) is -0.714. The molecule has 0 bridgehead atoms. The summed E-state index contributed by atoms with van der Waals surface area (Å²) in [6, 6.07) is 4.85. The molecule has 0 spiro atoms. The Morgan fingerprint density at radius 2 is 1.68 bits per heavy atom. The second kappa shape index (κ2) is 7.90. The monoisotopic (exact) mass is 327 g/mol. The third-order valence-corrected chi connectivity index (χ3v) is 4.41. The summed E-state index contributed by atoms with van der Waals surface area (Å²) in [6.07, 6.45) is 0. The van der Waals surface area contributed by atoms with Gasteiger partial charge in [0.15, 0.2) is 0 Å². The van der Waals surface area contributed by atoms with Crippen LogP contribution in [0.5, 0.6) is 0 Å². The Labute approximate surface area is 130 Å². The molecule has 1 rings (SSSR count). The fourth-order valence-corrected chi connectivity index (χ4v) is 2.77. The first-order chi connectivity index (χ1) is 10.3. The standard InChI is InChI=1S/C14H21N3O4S/c1-4-15-13(18)10(3)17-14(19)11-6-8-12(9-7-11)22(20,21)16-5-2/h6-10,16H,4-5H2,1-3H3,(H,15,18)(H,17,19)/t10-/m1/s1. The van der Waals surface area contributed by atoms with E-state index in [1.165, 1.54) is 24.3 Å². The number of benzene rings is 1. The molecule has 7 nitrogen and oxygen atoms in total. The van der Waals surface area contributed by atoms with E-state index in [-0.39, 0.29) is 22.9 Å². The topological polar surface area (TPSA) is 104 Å². The van der Waals surface area contributed by atoms with E-state index in [1.807, 2.05) is 0 Å². The summed E-state index contributed by atoms with van der Waals surface area (Å²) in [5.41, 5.74) is 0.284. The molecule has 1 atom stereocenters. The first kappa shape index (κ1) is 18.1. The van der Waals surface area contributed by atoms with Crippen LogP contribution in [-0.2, 0) is 14.8 Å². The van der Waals surface area contributed by atoms with Crippen molar-refractivity contribution in [2.75, 3.05) is 13.1 Å². The number of sulfonamides is 1. The van der Waals surface area contributed by atoms with E-state index in [1.54, 1.807) is 20.8 Å². The van der Waals surface area contributed by atoms with Crippen LogP contribution in [0.1, 0.15) is 31.1 Å². The molecule has 0 aromatic heterocycles. The fourth-order valence-electron chi connectivity index (χ4n) is 1.73. The van der Waals surface area contributed by atoms with Crippen molar-refractivity contribution in [1.82, 2.24) is 15.4 Å². The van der Waals surface area contributed by atoms with Gasteiger partial charge in [-0.1, -0.05) is 6.92 Å². The van der Waals surface area contributed by atoms with Crippen LogP contribution in [0, 0.1) is 0 Å². The molecule has 0 saturated heterocycles. The van der Waals surface area contributed by atoms with Crippen molar-refractivity contribution in [3.8, 4) is 0 Å². The highest BCUT2D eigenvalue weighted by atomic mass is 32.2. The molecule has 1 aromatic rings. The minimum Gasteiger partial charge on any atom is -0.355 e. The molecular weight excluding hydrogens is 306 g/mol. The van der Waals surface area contributed by atoms with Crippen LogP contribution < -0.4 is 15.4 Å². The van der Waals surface area contributed by atoms with Crippen molar-refractivity contribution in [2.45, 2.75) is 31.7 Å². The molecule has 2 amide bonds. The lowest BCUT2D eigenvalue weighted by molar-refractivity contribution is -0.122. The van der Waals surface area contributed by atoms with Gasteiger partial charge in [0.25, 0.3) is 5.91 Å². The van der Waals surface area contributed by atoms with Gasteiger partial charge in [-0.25, -0.2) is 13.1 Å². The molecular formula is C14H21N3O4S. The number of hydrogen-bond acceptors (Lipinski definition) is 4. The molecule has 0 aliphatic heterocycles. The van der Waals surface area contributed by atoms with E-state index in [0.29, 0.717) is 6.54 Å². The predicted octanol–water partition coefficient (Wildman–Crippen LogP) is 0.239. The lowest BCUT2D eigenvalue weighted by Gasteiger charge is -2.13. The highest BCUT2D eigenvalue weighted by Gasteiger charge is 2.17. The van der Waals surface area contributed by atoms with Crippen molar-refractivity contribution < 1.29 is 18.0 Å². The molecule has 1 aromatic carbocycles. The molecule has 122 valence electrons. The first-order valence-electron chi connectivity index (χ1n) is 7.00. The van der Waals surface area contributed by atoms with Crippen molar-refractivity contribution in [1.29, 1.82) is 0 Å². The maximum Gasteiger partial charge on any atom is 0.251 e. The summed E-state index contributed by atoms with van der Waals surface area (Å²) in [4.78, 5) is 23.6. The van der Waals surface area contributed by atoms with Gasteiger partial charge in [-0.15, -0.1) is 0 Å². The Morgan fingerprint density at radius 1 is 1.09 bits per heavy atom. The second-order valence-corrected chi connectivity index (χ2v) is 6.38. The third kappa shape index (κ3) is 4.81. The van der Waals surface area contributed by atoms with Crippen molar-refractivity contribution in [2.24, 2.45) is 0 Å². The smallest absolute Gasteiger partial charge is 0.251 e. The Morgan fingerprint density at radius 3 is 2.18 bits per heavy atom. The van der Waals surface area contributed by atoms with Crippen LogP contribution in [-0.4, -0.2) is 39.4 Å². The quantitative estimate of drug-likeness (QED) is 0.667. The SMILES string of the molecule is CCNC(=O)[C@@H](C)NC(=O)c1ccc(S(=O)(=O)NCC)cc1. The maximum absolute atomic E-state index is 12.0. The van der Waals surface area contributed by atoms with E-state index in [2.05, 4.69) is 15.4 Å². The zero-order valence-corrected chi connectivity index (χ0v) is 13.7. The van der Waals surface area contributed by atoms with Gasteiger partial charge in [0.2, 0.25) is 15.9 Å².